The van der Waals surface area contributed by atoms with E-state index in [1.807, 2.05) is 19.3 Å². The van der Waals surface area contributed by atoms with Crippen LogP contribution in [0, 0.1) is 6.92 Å². The van der Waals surface area contributed by atoms with Gasteiger partial charge in [-0.2, -0.15) is 0 Å². The second-order valence-corrected chi connectivity index (χ2v) is 5.49. The molecule has 106 valence electrons. The summed E-state index contributed by atoms with van der Waals surface area (Å²) in [5.41, 5.74) is 5.02. The van der Waals surface area contributed by atoms with Crippen LogP contribution in [0.15, 0.2) is 60.8 Å². The van der Waals surface area contributed by atoms with E-state index >= 15 is 0 Å². The smallest absolute Gasteiger partial charge is 0.0702 e. The second-order valence-electron chi connectivity index (χ2n) is 5.49. The van der Waals surface area contributed by atoms with Crippen molar-refractivity contribution >= 4 is 10.9 Å². The fourth-order valence-electron chi connectivity index (χ4n) is 2.77. The van der Waals surface area contributed by atoms with E-state index in [4.69, 9.17) is 0 Å². The summed E-state index contributed by atoms with van der Waals surface area (Å²) < 4.78 is 0. The van der Waals surface area contributed by atoms with Crippen LogP contribution in [0.4, 0.5) is 0 Å². The lowest BCUT2D eigenvalue weighted by atomic mass is 9.97. The van der Waals surface area contributed by atoms with Gasteiger partial charge in [0.2, 0.25) is 0 Å². The fourth-order valence-corrected chi connectivity index (χ4v) is 2.77. The molecule has 2 nitrogen and oxygen atoms in total. The first-order valence-electron chi connectivity index (χ1n) is 7.34. The fraction of sp³-hybridized carbons (Fsp3) is 0.211. The van der Waals surface area contributed by atoms with Crippen LogP contribution in [0.1, 0.15) is 22.7 Å². The first-order chi connectivity index (χ1) is 10.3. The highest BCUT2D eigenvalue weighted by atomic mass is 14.9. The number of pyridine rings is 1. The Morgan fingerprint density at radius 2 is 1.95 bits per heavy atom. The topological polar surface area (TPSA) is 24.9 Å². The number of nitrogens with one attached hydrogen (secondary N) is 1. The van der Waals surface area contributed by atoms with Crippen molar-refractivity contribution in [2.45, 2.75) is 19.4 Å². The maximum absolute atomic E-state index is 4.38. The zero-order valence-electron chi connectivity index (χ0n) is 12.5. The molecule has 3 aromatic rings. The average molecular weight is 276 g/mol. The molecule has 0 aliphatic carbocycles. The van der Waals surface area contributed by atoms with Crippen LogP contribution >= 0.6 is 0 Å². The molecule has 2 aromatic carbocycles. The molecule has 0 saturated carbocycles. The summed E-state index contributed by atoms with van der Waals surface area (Å²) in [5, 5.41) is 4.62. The van der Waals surface area contributed by atoms with Gasteiger partial charge in [-0.25, -0.2) is 0 Å². The Balaban J connectivity index is 1.90. The number of benzene rings is 2. The first-order valence-corrected chi connectivity index (χ1v) is 7.34. The normalized spacial score (nSPS) is 12.5. The van der Waals surface area contributed by atoms with E-state index in [1.54, 1.807) is 0 Å². The van der Waals surface area contributed by atoms with Gasteiger partial charge in [-0.05, 0) is 49.7 Å². The number of rotatable bonds is 4. The molecule has 1 heterocycles. The summed E-state index contributed by atoms with van der Waals surface area (Å²) in [7, 11) is 2.02. The number of aromatic nitrogens is 1. The van der Waals surface area contributed by atoms with Gasteiger partial charge < -0.3 is 5.32 Å². The summed E-state index contributed by atoms with van der Waals surface area (Å²) in [6.45, 7) is 2.14. The first kappa shape index (κ1) is 13.8. The monoisotopic (exact) mass is 276 g/mol. The molecule has 0 radical (unpaired) electrons. The Labute approximate surface area is 125 Å². The van der Waals surface area contributed by atoms with Crippen LogP contribution in [0.5, 0.6) is 0 Å². The Hall–Kier alpha value is -2.19. The molecular formula is C19H20N2. The molecule has 1 N–H and O–H groups in total. The molecule has 0 bridgehead atoms. The van der Waals surface area contributed by atoms with Gasteiger partial charge in [-0.1, -0.05) is 42.0 Å². The number of likely N-dealkylation sites (N-methyl/N-ethyl adjacent to an activating group) is 1. The van der Waals surface area contributed by atoms with E-state index < -0.39 is 0 Å². The summed E-state index contributed by atoms with van der Waals surface area (Å²) >= 11 is 0. The van der Waals surface area contributed by atoms with Gasteiger partial charge in [-0.3, -0.25) is 4.98 Å². The maximum atomic E-state index is 4.38. The molecule has 0 amide bonds. The molecule has 3 rings (SSSR count). The molecule has 0 aliphatic heterocycles. The van der Waals surface area contributed by atoms with Crippen LogP contribution in [-0.2, 0) is 6.42 Å². The predicted octanol–water partition coefficient (Wildman–Crippen LogP) is 4.05. The third-order valence-corrected chi connectivity index (χ3v) is 3.90. The molecule has 21 heavy (non-hydrogen) atoms. The summed E-state index contributed by atoms with van der Waals surface area (Å²) in [5.74, 6) is 0. The van der Waals surface area contributed by atoms with Crippen LogP contribution in [0.2, 0.25) is 0 Å². The number of aryl methyl sites for hydroxylation is 1. The van der Waals surface area contributed by atoms with Gasteiger partial charge in [-0.15, -0.1) is 0 Å². The minimum absolute atomic E-state index is 0.316. The summed E-state index contributed by atoms with van der Waals surface area (Å²) in [4.78, 5) is 4.38. The highest BCUT2D eigenvalue weighted by Gasteiger charge is 2.11. The van der Waals surface area contributed by atoms with Crippen molar-refractivity contribution in [1.82, 2.24) is 10.3 Å². The van der Waals surface area contributed by atoms with E-state index in [9.17, 15) is 0 Å². The highest BCUT2D eigenvalue weighted by molar-refractivity contribution is 5.79. The van der Waals surface area contributed by atoms with Gasteiger partial charge in [0.05, 0.1) is 5.52 Å². The Kier molecular flexibility index (Phi) is 3.98. The van der Waals surface area contributed by atoms with Crippen LogP contribution in [0.3, 0.4) is 0 Å². The van der Waals surface area contributed by atoms with Crippen LogP contribution in [0.25, 0.3) is 10.9 Å². The van der Waals surface area contributed by atoms with Crippen molar-refractivity contribution in [1.29, 1.82) is 0 Å². The Morgan fingerprint density at radius 1 is 1.05 bits per heavy atom. The lowest BCUT2D eigenvalue weighted by Gasteiger charge is -2.17. The minimum atomic E-state index is 0.316. The summed E-state index contributed by atoms with van der Waals surface area (Å²) in [6, 6.07) is 19.6. The van der Waals surface area contributed by atoms with E-state index in [0.29, 0.717) is 6.04 Å². The SMILES string of the molecule is CNC(Cc1cccc(C)c1)c1ccc2ncccc2c1. The van der Waals surface area contributed by atoms with E-state index in [-0.39, 0.29) is 0 Å². The number of hydrogen-bond acceptors (Lipinski definition) is 2. The molecule has 2 heteroatoms. The van der Waals surface area contributed by atoms with Crippen molar-refractivity contribution in [2.75, 3.05) is 7.05 Å². The maximum Gasteiger partial charge on any atom is 0.0702 e. The molecule has 1 atom stereocenters. The van der Waals surface area contributed by atoms with Gasteiger partial charge in [0.15, 0.2) is 0 Å². The third-order valence-electron chi connectivity index (χ3n) is 3.90. The number of fused-ring (bicyclic) bond motifs is 1. The highest BCUT2D eigenvalue weighted by Crippen LogP contribution is 2.22. The molecule has 1 aromatic heterocycles. The second kappa shape index (κ2) is 6.06. The summed E-state index contributed by atoms with van der Waals surface area (Å²) in [6.07, 6.45) is 2.83. The van der Waals surface area contributed by atoms with Gasteiger partial charge in [0.25, 0.3) is 0 Å². The van der Waals surface area contributed by atoms with Crippen molar-refractivity contribution in [3.8, 4) is 0 Å². The number of hydrogen-bond donors (Lipinski definition) is 1. The zero-order chi connectivity index (χ0) is 14.7. The lowest BCUT2D eigenvalue weighted by molar-refractivity contribution is 0.592. The van der Waals surface area contributed by atoms with Gasteiger partial charge in [0, 0.05) is 17.6 Å². The largest absolute Gasteiger partial charge is 0.313 e. The average Bonchev–Trinajstić information content (AvgIpc) is 2.52. The molecule has 0 saturated heterocycles. The van der Waals surface area contributed by atoms with Crippen molar-refractivity contribution in [2.24, 2.45) is 0 Å². The standard InChI is InChI=1S/C19H20N2/c1-14-5-3-6-15(11-14)12-19(20-2)17-8-9-18-16(13-17)7-4-10-21-18/h3-11,13,19-20H,12H2,1-2H3. The molecule has 1 unspecified atom stereocenters. The van der Waals surface area contributed by atoms with Crippen molar-refractivity contribution in [3.05, 3.63) is 77.5 Å². The van der Waals surface area contributed by atoms with E-state index in [1.165, 1.54) is 22.1 Å². The number of nitrogens with zero attached hydrogens (tertiary/aromatic N) is 1. The Bertz CT molecular complexity index is 749. The van der Waals surface area contributed by atoms with Crippen molar-refractivity contribution in [3.63, 3.8) is 0 Å². The van der Waals surface area contributed by atoms with E-state index in [2.05, 4.69) is 65.8 Å². The predicted molar refractivity (Wildman–Crippen MR) is 88.4 cm³/mol. The quantitative estimate of drug-likeness (QED) is 0.777. The van der Waals surface area contributed by atoms with Crippen molar-refractivity contribution < 1.29 is 0 Å². The Morgan fingerprint density at radius 3 is 2.76 bits per heavy atom. The van der Waals surface area contributed by atoms with E-state index in [0.717, 1.165) is 11.9 Å². The van der Waals surface area contributed by atoms with Crippen LogP contribution in [-0.4, -0.2) is 12.0 Å². The molecule has 0 fully saturated rings. The third kappa shape index (κ3) is 3.11. The lowest BCUT2D eigenvalue weighted by Crippen LogP contribution is -2.18. The van der Waals surface area contributed by atoms with Gasteiger partial charge >= 0.3 is 0 Å². The zero-order valence-corrected chi connectivity index (χ0v) is 12.5. The molecule has 0 aliphatic rings. The molecular weight excluding hydrogens is 256 g/mol. The van der Waals surface area contributed by atoms with Crippen LogP contribution < -0.4 is 5.32 Å². The minimum Gasteiger partial charge on any atom is -0.313 e. The molecule has 0 spiro atoms. The van der Waals surface area contributed by atoms with Gasteiger partial charge in [0.1, 0.15) is 0 Å².